The van der Waals surface area contributed by atoms with Crippen molar-refractivity contribution < 1.29 is 0 Å². The van der Waals surface area contributed by atoms with Crippen LogP contribution in [0.25, 0.3) is 28.1 Å². The normalized spacial score (nSPS) is 11.6. The molecule has 1 N–H and O–H groups in total. The number of aromatic amines is 1. The standard InChI is InChI=1S/C26H24N8O2/c1-3-33-24-23(25(35)29-26(33)36)34(15-17-7-9-18(10-8-17)20-11-13-31(2)30-20)22(28-24)14-19-16-32-12-5-4-6-21(32)27-19/h4-13,16H,3,14-15H2,1-2H3,(H,29,35,36). The van der Waals surface area contributed by atoms with E-state index >= 15 is 0 Å². The van der Waals surface area contributed by atoms with Gasteiger partial charge in [0.05, 0.1) is 11.4 Å². The molecule has 1 aromatic carbocycles. The van der Waals surface area contributed by atoms with Gasteiger partial charge in [-0.2, -0.15) is 5.10 Å². The first-order valence-electron chi connectivity index (χ1n) is 11.7. The Labute approximate surface area is 205 Å². The Morgan fingerprint density at radius 2 is 1.78 bits per heavy atom. The molecule has 10 heteroatoms. The molecule has 0 unspecified atom stereocenters. The Morgan fingerprint density at radius 1 is 0.944 bits per heavy atom. The minimum absolute atomic E-state index is 0.379. The minimum atomic E-state index is -0.460. The van der Waals surface area contributed by atoms with E-state index in [1.165, 1.54) is 4.57 Å². The topological polar surface area (TPSA) is 108 Å². The van der Waals surface area contributed by atoms with Crippen LogP contribution in [-0.4, -0.2) is 38.3 Å². The van der Waals surface area contributed by atoms with Crippen molar-refractivity contribution >= 4 is 16.8 Å². The Bertz CT molecular complexity index is 1800. The van der Waals surface area contributed by atoms with E-state index in [1.54, 1.807) is 4.68 Å². The maximum Gasteiger partial charge on any atom is 0.330 e. The lowest BCUT2D eigenvalue weighted by atomic mass is 10.1. The fourth-order valence-corrected chi connectivity index (χ4v) is 4.58. The van der Waals surface area contributed by atoms with Gasteiger partial charge in [0.2, 0.25) is 0 Å². The molecule has 0 amide bonds. The smallest absolute Gasteiger partial charge is 0.317 e. The van der Waals surface area contributed by atoms with Crippen LogP contribution in [0.4, 0.5) is 0 Å². The van der Waals surface area contributed by atoms with Gasteiger partial charge in [-0.25, -0.2) is 14.8 Å². The van der Waals surface area contributed by atoms with Crippen LogP contribution in [0.3, 0.4) is 0 Å². The molecule has 0 aliphatic rings. The molecule has 36 heavy (non-hydrogen) atoms. The second-order valence-corrected chi connectivity index (χ2v) is 8.74. The van der Waals surface area contributed by atoms with Crippen LogP contribution in [0, 0.1) is 0 Å². The van der Waals surface area contributed by atoms with Crippen molar-refractivity contribution in [3.63, 3.8) is 0 Å². The first-order chi connectivity index (χ1) is 17.5. The number of nitrogens with one attached hydrogen (secondary N) is 1. The van der Waals surface area contributed by atoms with Crippen molar-refractivity contribution in [3.05, 3.63) is 105 Å². The van der Waals surface area contributed by atoms with E-state index in [9.17, 15) is 9.59 Å². The number of aromatic nitrogens is 8. The minimum Gasteiger partial charge on any atom is -0.317 e. The summed E-state index contributed by atoms with van der Waals surface area (Å²) in [6.45, 7) is 2.68. The highest BCUT2D eigenvalue weighted by molar-refractivity contribution is 5.71. The third-order valence-corrected chi connectivity index (χ3v) is 6.34. The van der Waals surface area contributed by atoms with Gasteiger partial charge < -0.3 is 8.97 Å². The molecule has 6 rings (SSSR count). The molecule has 5 aromatic heterocycles. The second-order valence-electron chi connectivity index (χ2n) is 8.74. The van der Waals surface area contributed by atoms with Crippen LogP contribution in [0.5, 0.6) is 0 Å². The second kappa shape index (κ2) is 8.49. The highest BCUT2D eigenvalue weighted by Gasteiger charge is 2.19. The number of hydrogen-bond acceptors (Lipinski definition) is 5. The number of H-pyrrole nitrogens is 1. The van der Waals surface area contributed by atoms with Crippen LogP contribution in [-0.2, 0) is 26.6 Å². The molecule has 6 aromatic rings. The third-order valence-electron chi connectivity index (χ3n) is 6.34. The molecule has 0 saturated heterocycles. The predicted octanol–water partition coefficient (Wildman–Crippen LogP) is 2.59. The van der Waals surface area contributed by atoms with Crippen molar-refractivity contribution in [1.29, 1.82) is 0 Å². The van der Waals surface area contributed by atoms with E-state index in [4.69, 9.17) is 9.97 Å². The zero-order valence-electron chi connectivity index (χ0n) is 19.9. The summed E-state index contributed by atoms with van der Waals surface area (Å²) >= 11 is 0. The molecule has 0 spiro atoms. The van der Waals surface area contributed by atoms with Crippen molar-refractivity contribution in [3.8, 4) is 11.3 Å². The number of imidazole rings is 2. The maximum absolute atomic E-state index is 13.0. The Balaban J connectivity index is 1.45. The van der Waals surface area contributed by atoms with Crippen LogP contribution < -0.4 is 11.2 Å². The quantitative estimate of drug-likeness (QED) is 0.394. The summed E-state index contributed by atoms with van der Waals surface area (Å²) in [5.41, 5.74) is 4.43. The summed E-state index contributed by atoms with van der Waals surface area (Å²) in [6.07, 6.45) is 6.22. The number of nitrogens with zero attached hydrogens (tertiary/aromatic N) is 7. The van der Waals surface area contributed by atoms with E-state index in [-0.39, 0.29) is 0 Å². The maximum atomic E-state index is 13.0. The van der Waals surface area contributed by atoms with Gasteiger partial charge in [-0.3, -0.25) is 19.0 Å². The number of benzene rings is 1. The Morgan fingerprint density at radius 3 is 2.50 bits per heavy atom. The average molecular weight is 481 g/mol. The monoisotopic (exact) mass is 480 g/mol. The molecular weight excluding hydrogens is 456 g/mol. The van der Waals surface area contributed by atoms with Gasteiger partial charge in [-0.15, -0.1) is 0 Å². The molecule has 0 aliphatic heterocycles. The van der Waals surface area contributed by atoms with Gasteiger partial charge in [0.1, 0.15) is 11.5 Å². The van der Waals surface area contributed by atoms with Crippen LogP contribution in [0.1, 0.15) is 24.0 Å². The van der Waals surface area contributed by atoms with Gasteiger partial charge in [-0.05, 0) is 30.7 Å². The molecule has 0 bridgehead atoms. The molecule has 180 valence electrons. The number of pyridine rings is 1. The average Bonchev–Trinajstić information content (AvgIpc) is 3.57. The van der Waals surface area contributed by atoms with E-state index < -0.39 is 11.2 Å². The predicted molar refractivity (Wildman–Crippen MR) is 136 cm³/mol. The lowest BCUT2D eigenvalue weighted by molar-refractivity contribution is 0.717. The fraction of sp³-hybridized carbons (Fsp3) is 0.192. The fourth-order valence-electron chi connectivity index (χ4n) is 4.58. The molecule has 0 saturated carbocycles. The van der Waals surface area contributed by atoms with E-state index in [0.717, 1.165) is 28.2 Å². The summed E-state index contributed by atoms with van der Waals surface area (Å²) in [4.78, 5) is 37.3. The summed E-state index contributed by atoms with van der Waals surface area (Å²) in [6, 6.07) is 15.9. The number of hydrogen-bond donors (Lipinski definition) is 1. The first kappa shape index (κ1) is 21.8. The zero-order chi connectivity index (χ0) is 24.8. The molecule has 0 radical (unpaired) electrons. The van der Waals surface area contributed by atoms with Crippen LogP contribution >= 0.6 is 0 Å². The summed E-state index contributed by atoms with van der Waals surface area (Å²) in [7, 11) is 1.89. The highest BCUT2D eigenvalue weighted by Crippen LogP contribution is 2.21. The molecule has 5 heterocycles. The molecule has 0 aliphatic carbocycles. The zero-order valence-corrected chi connectivity index (χ0v) is 19.9. The lowest BCUT2D eigenvalue weighted by Gasteiger charge is -2.09. The van der Waals surface area contributed by atoms with Gasteiger partial charge in [0, 0.05) is 50.7 Å². The molecule has 0 atom stereocenters. The van der Waals surface area contributed by atoms with Crippen molar-refractivity contribution in [2.24, 2.45) is 7.05 Å². The Hall–Kier alpha value is -4.73. The highest BCUT2D eigenvalue weighted by atomic mass is 16.2. The van der Waals surface area contributed by atoms with E-state index in [2.05, 4.69) is 10.1 Å². The largest absolute Gasteiger partial charge is 0.330 e. The number of aryl methyl sites for hydroxylation is 2. The first-order valence-corrected chi connectivity index (χ1v) is 11.7. The van der Waals surface area contributed by atoms with E-state index in [1.807, 2.05) is 90.1 Å². The van der Waals surface area contributed by atoms with Crippen LogP contribution in [0.15, 0.2) is 76.7 Å². The molecule has 10 nitrogen and oxygen atoms in total. The lowest BCUT2D eigenvalue weighted by Crippen LogP contribution is -2.30. The molecular formula is C26H24N8O2. The van der Waals surface area contributed by atoms with Crippen molar-refractivity contribution in [2.45, 2.75) is 26.4 Å². The van der Waals surface area contributed by atoms with Crippen LogP contribution in [0.2, 0.25) is 0 Å². The number of rotatable bonds is 6. The van der Waals surface area contributed by atoms with Gasteiger partial charge >= 0.3 is 5.69 Å². The Kier molecular flexibility index (Phi) is 5.14. The molecule has 0 fully saturated rings. The SMILES string of the molecule is CCn1c(=O)[nH]c(=O)c2c1nc(Cc1cn3ccccc3n1)n2Cc1ccc(-c2ccn(C)n2)cc1. The van der Waals surface area contributed by atoms with Crippen molar-refractivity contribution in [2.75, 3.05) is 0 Å². The third kappa shape index (κ3) is 3.72. The van der Waals surface area contributed by atoms with E-state index in [0.29, 0.717) is 36.5 Å². The van der Waals surface area contributed by atoms with Gasteiger partial charge in [-0.1, -0.05) is 30.3 Å². The summed E-state index contributed by atoms with van der Waals surface area (Å²) in [5.74, 6) is 0.667. The number of fused-ring (bicyclic) bond motifs is 2. The van der Waals surface area contributed by atoms with Gasteiger partial charge in [0.15, 0.2) is 11.2 Å². The summed E-state index contributed by atoms with van der Waals surface area (Å²) < 4.78 is 7.10. The van der Waals surface area contributed by atoms with Crippen molar-refractivity contribution in [1.82, 2.24) is 38.3 Å². The van der Waals surface area contributed by atoms with Gasteiger partial charge in [0.25, 0.3) is 5.56 Å². The summed E-state index contributed by atoms with van der Waals surface area (Å²) in [5, 5.41) is 4.46.